The first kappa shape index (κ1) is 19.1. The third-order valence-corrected chi connectivity index (χ3v) is 4.84. The van der Waals surface area contributed by atoms with Crippen LogP contribution < -0.4 is 0 Å². The zero-order valence-corrected chi connectivity index (χ0v) is 16.1. The molecule has 0 radical (unpaired) electrons. The molecule has 140 valence electrons. The highest BCUT2D eigenvalue weighted by Gasteiger charge is 2.29. The van der Waals surface area contributed by atoms with Crippen molar-refractivity contribution in [3.63, 3.8) is 0 Å². The second kappa shape index (κ2) is 7.94. The van der Waals surface area contributed by atoms with Crippen molar-refractivity contribution in [1.29, 1.82) is 0 Å². The van der Waals surface area contributed by atoms with Crippen LogP contribution in [0.5, 0.6) is 0 Å². The Kier molecular flexibility index (Phi) is 5.85. The van der Waals surface area contributed by atoms with Gasteiger partial charge in [-0.05, 0) is 30.5 Å². The molecule has 26 heavy (non-hydrogen) atoms. The third kappa shape index (κ3) is 4.19. The number of nitrogens with zero attached hydrogens (tertiary/aromatic N) is 2. The number of morpholine rings is 1. The van der Waals surface area contributed by atoms with Gasteiger partial charge in [0.25, 0.3) is 5.91 Å². The molecule has 0 bridgehead atoms. The van der Waals surface area contributed by atoms with Gasteiger partial charge in [-0.25, -0.2) is 4.39 Å². The normalized spacial score (nSPS) is 17.8. The number of ether oxygens (including phenoxy) is 1. The molecule has 2 aromatic rings. The summed E-state index contributed by atoms with van der Waals surface area (Å²) in [5.41, 5.74) is 1.78. The van der Waals surface area contributed by atoms with Crippen molar-refractivity contribution in [2.75, 3.05) is 19.7 Å². The molecule has 0 aliphatic carbocycles. The monoisotopic (exact) mass is 399 g/mol. The largest absolute Gasteiger partial charge is 0.370 e. The number of halogens is 3. The van der Waals surface area contributed by atoms with E-state index in [-0.39, 0.29) is 17.5 Å². The number of benzene rings is 1. The molecule has 2 heterocycles. The molecule has 1 amide bonds. The van der Waals surface area contributed by atoms with Crippen molar-refractivity contribution in [1.82, 2.24) is 15.1 Å². The lowest BCUT2D eigenvalue weighted by atomic mass is 10.1. The molecular weight excluding hydrogens is 380 g/mol. The van der Waals surface area contributed by atoms with Gasteiger partial charge in [0, 0.05) is 22.8 Å². The van der Waals surface area contributed by atoms with Crippen LogP contribution in [0.2, 0.25) is 10.0 Å². The predicted molar refractivity (Wildman–Crippen MR) is 98.1 cm³/mol. The van der Waals surface area contributed by atoms with E-state index < -0.39 is 11.9 Å². The van der Waals surface area contributed by atoms with Crippen LogP contribution in [0.4, 0.5) is 4.39 Å². The molecule has 0 spiro atoms. The molecule has 1 aromatic heterocycles. The van der Waals surface area contributed by atoms with Gasteiger partial charge in [0.05, 0.1) is 18.2 Å². The number of carbonyl (C=O) groups excluding carboxylic acids is 1. The Balaban J connectivity index is 1.75. The van der Waals surface area contributed by atoms with Gasteiger partial charge in [0.2, 0.25) is 0 Å². The van der Waals surface area contributed by atoms with Crippen molar-refractivity contribution in [3.8, 4) is 0 Å². The molecule has 1 saturated heterocycles. The second-order valence-corrected chi connectivity index (χ2v) is 7.59. The van der Waals surface area contributed by atoms with Crippen LogP contribution in [0.1, 0.15) is 41.7 Å². The van der Waals surface area contributed by atoms with Gasteiger partial charge in [-0.15, -0.1) is 0 Å². The maximum absolute atomic E-state index is 13.8. The summed E-state index contributed by atoms with van der Waals surface area (Å²) in [5, 5.41) is 7.30. The number of amides is 1. The smallest absolute Gasteiger partial charge is 0.274 e. The SMILES string of the molecule is CC(C)Cc1cc(C(=O)N2CCOC(c3cc(F)c(Cl)cc3Cl)C2)n[nH]1. The van der Waals surface area contributed by atoms with E-state index in [0.717, 1.165) is 12.1 Å². The first-order chi connectivity index (χ1) is 12.3. The van der Waals surface area contributed by atoms with Crippen LogP contribution in [-0.4, -0.2) is 40.7 Å². The van der Waals surface area contributed by atoms with Crippen LogP contribution in [0.25, 0.3) is 0 Å². The topological polar surface area (TPSA) is 58.2 Å². The van der Waals surface area contributed by atoms with E-state index in [0.29, 0.717) is 35.3 Å². The lowest BCUT2D eigenvalue weighted by Gasteiger charge is -2.33. The minimum absolute atomic E-state index is 0.0447. The Hall–Kier alpha value is -1.63. The summed E-state index contributed by atoms with van der Waals surface area (Å²) < 4.78 is 19.5. The van der Waals surface area contributed by atoms with E-state index >= 15 is 0 Å². The van der Waals surface area contributed by atoms with Crippen molar-refractivity contribution < 1.29 is 13.9 Å². The molecule has 5 nitrogen and oxygen atoms in total. The Morgan fingerprint density at radius 1 is 1.38 bits per heavy atom. The van der Waals surface area contributed by atoms with Crippen LogP contribution in [-0.2, 0) is 11.2 Å². The minimum Gasteiger partial charge on any atom is -0.370 e. The molecule has 1 atom stereocenters. The molecule has 1 N–H and O–H groups in total. The number of hydrogen-bond acceptors (Lipinski definition) is 3. The first-order valence-corrected chi connectivity index (χ1v) is 9.20. The van der Waals surface area contributed by atoms with E-state index in [1.54, 1.807) is 11.0 Å². The van der Waals surface area contributed by atoms with Crippen LogP contribution in [0.15, 0.2) is 18.2 Å². The van der Waals surface area contributed by atoms with Gasteiger partial charge in [-0.3, -0.25) is 9.89 Å². The van der Waals surface area contributed by atoms with Gasteiger partial charge in [0.15, 0.2) is 0 Å². The quantitative estimate of drug-likeness (QED) is 0.780. The molecule has 0 saturated carbocycles. The number of aromatic amines is 1. The molecule has 1 aromatic carbocycles. The van der Waals surface area contributed by atoms with Crippen molar-refractivity contribution in [2.24, 2.45) is 5.92 Å². The fraction of sp³-hybridized carbons (Fsp3) is 0.444. The predicted octanol–water partition coefficient (Wildman–Crippen LogP) is 4.27. The van der Waals surface area contributed by atoms with Gasteiger partial charge >= 0.3 is 0 Å². The average Bonchev–Trinajstić information content (AvgIpc) is 3.05. The lowest BCUT2D eigenvalue weighted by molar-refractivity contribution is -0.0230. The number of aromatic nitrogens is 2. The van der Waals surface area contributed by atoms with E-state index in [2.05, 4.69) is 24.0 Å². The van der Waals surface area contributed by atoms with E-state index in [1.165, 1.54) is 12.1 Å². The summed E-state index contributed by atoms with van der Waals surface area (Å²) in [6.07, 6.45) is 0.312. The highest BCUT2D eigenvalue weighted by Crippen LogP contribution is 2.32. The fourth-order valence-electron chi connectivity index (χ4n) is 2.98. The second-order valence-electron chi connectivity index (χ2n) is 6.77. The van der Waals surface area contributed by atoms with Crippen LogP contribution in [0, 0.1) is 11.7 Å². The number of carbonyl (C=O) groups is 1. The van der Waals surface area contributed by atoms with Crippen molar-refractivity contribution >= 4 is 29.1 Å². The Morgan fingerprint density at radius 2 is 2.15 bits per heavy atom. The summed E-state index contributed by atoms with van der Waals surface area (Å²) in [5.74, 6) is -0.285. The van der Waals surface area contributed by atoms with Gasteiger partial charge in [0.1, 0.15) is 17.6 Å². The molecule has 1 unspecified atom stereocenters. The maximum atomic E-state index is 13.8. The molecule has 3 rings (SSSR count). The number of rotatable bonds is 4. The van der Waals surface area contributed by atoms with Crippen molar-refractivity contribution in [2.45, 2.75) is 26.4 Å². The Bertz CT molecular complexity index is 810. The zero-order valence-electron chi connectivity index (χ0n) is 14.6. The molecular formula is C18H20Cl2FN3O2. The lowest BCUT2D eigenvalue weighted by Crippen LogP contribution is -2.42. The average molecular weight is 400 g/mol. The summed E-state index contributed by atoms with van der Waals surface area (Å²) in [6.45, 7) is 5.25. The minimum atomic E-state index is -0.566. The number of nitrogens with one attached hydrogen (secondary N) is 1. The van der Waals surface area contributed by atoms with E-state index in [4.69, 9.17) is 27.9 Å². The molecule has 1 fully saturated rings. The number of hydrogen-bond donors (Lipinski definition) is 1. The standard InChI is InChI=1S/C18H20Cl2FN3O2/c1-10(2)5-11-6-16(23-22-11)18(25)24-3-4-26-17(9-24)12-7-15(21)14(20)8-13(12)19/h6-8,10,17H,3-5,9H2,1-2H3,(H,22,23). The molecule has 8 heteroatoms. The third-order valence-electron chi connectivity index (χ3n) is 4.22. The molecule has 1 aliphatic rings. The fourth-order valence-corrected chi connectivity index (χ4v) is 3.49. The van der Waals surface area contributed by atoms with E-state index in [9.17, 15) is 9.18 Å². The Labute approximate surface area is 161 Å². The van der Waals surface area contributed by atoms with Crippen molar-refractivity contribution in [3.05, 3.63) is 51.0 Å². The van der Waals surface area contributed by atoms with Gasteiger partial charge in [-0.2, -0.15) is 5.10 Å². The van der Waals surface area contributed by atoms with Crippen LogP contribution in [0.3, 0.4) is 0 Å². The van der Waals surface area contributed by atoms with E-state index in [1.807, 2.05) is 0 Å². The Morgan fingerprint density at radius 3 is 2.88 bits per heavy atom. The summed E-state index contributed by atoms with van der Waals surface area (Å²) in [7, 11) is 0. The molecule has 1 aliphatic heterocycles. The zero-order chi connectivity index (χ0) is 18.8. The van der Waals surface area contributed by atoms with Gasteiger partial charge < -0.3 is 9.64 Å². The summed E-state index contributed by atoms with van der Waals surface area (Å²) in [4.78, 5) is 14.4. The maximum Gasteiger partial charge on any atom is 0.274 e. The van der Waals surface area contributed by atoms with Gasteiger partial charge in [-0.1, -0.05) is 37.0 Å². The summed E-state index contributed by atoms with van der Waals surface area (Å²) in [6, 6.07) is 4.39. The van der Waals surface area contributed by atoms with Crippen LogP contribution >= 0.6 is 23.2 Å². The summed E-state index contributed by atoms with van der Waals surface area (Å²) >= 11 is 11.9. The highest BCUT2D eigenvalue weighted by atomic mass is 35.5. The highest BCUT2D eigenvalue weighted by molar-refractivity contribution is 6.35. The number of H-pyrrole nitrogens is 1. The first-order valence-electron chi connectivity index (χ1n) is 8.44.